The first-order valence-corrected chi connectivity index (χ1v) is 8.60. The smallest absolute Gasteiger partial charge is 0.131 e. The number of aromatic nitrogens is 2. The molecule has 3 rings (SSSR count). The van der Waals surface area contributed by atoms with E-state index in [0.717, 1.165) is 30.6 Å². The van der Waals surface area contributed by atoms with Crippen LogP contribution in [0.4, 0.5) is 0 Å². The van der Waals surface area contributed by atoms with Crippen molar-refractivity contribution in [1.29, 1.82) is 0 Å². The van der Waals surface area contributed by atoms with Crippen LogP contribution in [0.3, 0.4) is 0 Å². The van der Waals surface area contributed by atoms with E-state index in [0.29, 0.717) is 17.7 Å². The lowest BCUT2D eigenvalue weighted by molar-refractivity contribution is 0.131. The summed E-state index contributed by atoms with van der Waals surface area (Å²) in [5.74, 6) is 0. The minimum atomic E-state index is 0.148. The molecule has 0 spiro atoms. The highest BCUT2D eigenvalue weighted by atomic mass is 35.5. The monoisotopic (exact) mass is 333 g/mol. The normalized spacial score (nSPS) is 17.5. The molecule has 23 heavy (non-hydrogen) atoms. The molecule has 0 saturated heterocycles. The van der Waals surface area contributed by atoms with Gasteiger partial charge >= 0.3 is 0 Å². The number of aryl methyl sites for hydroxylation is 3. The van der Waals surface area contributed by atoms with E-state index in [9.17, 15) is 5.11 Å². The van der Waals surface area contributed by atoms with Gasteiger partial charge in [0, 0.05) is 31.7 Å². The summed E-state index contributed by atoms with van der Waals surface area (Å²) in [6, 6.07) is 9.00. The molecule has 0 bridgehead atoms. The van der Waals surface area contributed by atoms with Crippen molar-refractivity contribution < 1.29 is 5.11 Å². The van der Waals surface area contributed by atoms with Gasteiger partial charge in [0.1, 0.15) is 5.15 Å². The molecule has 1 aliphatic rings. The fourth-order valence-electron chi connectivity index (χ4n) is 3.64. The maximum atomic E-state index is 9.54. The Kier molecular flexibility index (Phi) is 5.05. The zero-order chi connectivity index (χ0) is 16.4. The average Bonchev–Trinajstić information content (AvgIpc) is 2.80. The number of halogens is 1. The molecule has 0 radical (unpaired) electrons. The third-order valence-electron chi connectivity index (χ3n) is 4.80. The Labute approximate surface area is 142 Å². The Balaban J connectivity index is 1.91. The van der Waals surface area contributed by atoms with Gasteiger partial charge in [-0.05, 0) is 37.3 Å². The molecule has 1 N–H and O–H groups in total. The lowest BCUT2D eigenvalue weighted by Gasteiger charge is -2.35. The fourth-order valence-corrected chi connectivity index (χ4v) is 3.87. The van der Waals surface area contributed by atoms with E-state index in [1.165, 1.54) is 17.5 Å². The van der Waals surface area contributed by atoms with Crippen molar-refractivity contribution in [3.63, 3.8) is 0 Å². The fraction of sp³-hybridized carbons (Fsp3) is 0.500. The minimum Gasteiger partial charge on any atom is -0.395 e. The summed E-state index contributed by atoms with van der Waals surface area (Å²) >= 11 is 6.41. The van der Waals surface area contributed by atoms with Crippen LogP contribution in [0.5, 0.6) is 0 Å². The van der Waals surface area contributed by atoms with Crippen molar-refractivity contribution in [2.24, 2.45) is 7.05 Å². The number of benzene rings is 1. The van der Waals surface area contributed by atoms with Crippen molar-refractivity contribution in [2.75, 3.05) is 13.2 Å². The van der Waals surface area contributed by atoms with E-state index >= 15 is 0 Å². The van der Waals surface area contributed by atoms with E-state index in [1.54, 1.807) is 4.68 Å². The summed E-state index contributed by atoms with van der Waals surface area (Å²) in [4.78, 5) is 2.34. The molecule has 124 valence electrons. The minimum absolute atomic E-state index is 0.148. The molecule has 2 aromatic rings. The van der Waals surface area contributed by atoms with Crippen LogP contribution in [-0.2, 0) is 20.0 Å². The first-order chi connectivity index (χ1) is 11.1. The summed E-state index contributed by atoms with van der Waals surface area (Å²) in [5, 5.41) is 14.6. The second kappa shape index (κ2) is 7.04. The van der Waals surface area contributed by atoms with Gasteiger partial charge in [-0.3, -0.25) is 9.58 Å². The van der Waals surface area contributed by atoms with E-state index in [1.807, 2.05) is 14.0 Å². The predicted octanol–water partition coefficient (Wildman–Crippen LogP) is 3.25. The number of hydrogen-bond acceptors (Lipinski definition) is 3. The van der Waals surface area contributed by atoms with Crippen molar-refractivity contribution >= 4 is 11.6 Å². The summed E-state index contributed by atoms with van der Waals surface area (Å²) in [6.07, 6.45) is 3.45. The highest BCUT2D eigenvalue weighted by molar-refractivity contribution is 6.30. The number of rotatable bonds is 5. The van der Waals surface area contributed by atoms with Gasteiger partial charge in [-0.25, -0.2) is 0 Å². The molecular weight excluding hydrogens is 310 g/mol. The van der Waals surface area contributed by atoms with Crippen LogP contribution in [0.15, 0.2) is 24.3 Å². The molecule has 0 amide bonds. The Hall–Kier alpha value is -1.36. The van der Waals surface area contributed by atoms with Crippen molar-refractivity contribution in [1.82, 2.24) is 14.7 Å². The molecule has 1 aromatic heterocycles. The summed E-state index contributed by atoms with van der Waals surface area (Å²) in [7, 11) is 1.87. The first-order valence-electron chi connectivity index (χ1n) is 8.22. The van der Waals surface area contributed by atoms with Gasteiger partial charge in [0.25, 0.3) is 0 Å². The van der Waals surface area contributed by atoms with Crippen LogP contribution < -0.4 is 0 Å². The Morgan fingerprint density at radius 2 is 2.17 bits per heavy atom. The highest BCUT2D eigenvalue weighted by Gasteiger charge is 2.27. The molecule has 5 heteroatoms. The van der Waals surface area contributed by atoms with Gasteiger partial charge in [-0.15, -0.1) is 0 Å². The van der Waals surface area contributed by atoms with Gasteiger partial charge in [0.05, 0.1) is 12.3 Å². The molecule has 1 unspecified atom stereocenters. The zero-order valence-electron chi connectivity index (χ0n) is 13.8. The molecule has 4 nitrogen and oxygen atoms in total. The van der Waals surface area contributed by atoms with E-state index in [4.69, 9.17) is 11.6 Å². The van der Waals surface area contributed by atoms with Crippen molar-refractivity contribution in [2.45, 2.75) is 38.8 Å². The van der Waals surface area contributed by atoms with Crippen LogP contribution in [-0.4, -0.2) is 32.9 Å². The summed E-state index contributed by atoms with van der Waals surface area (Å²) in [5.41, 5.74) is 4.85. The largest absolute Gasteiger partial charge is 0.395 e. The lowest BCUT2D eigenvalue weighted by atomic mass is 9.86. The number of nitrogens with zero attached hydrogens (tertiary/aromatic N) is 3. The van der Waals surface area contributed by atoms with Crippen LogP contribution in [0.25, 0.3) is 0 Å². The van der Waals surface area contributed by atoms with Crippen LogP contribution in [0.2, 0.25) is 5.15 Å². The maximum Gasteiger partial charge on any atom is 0.131 e. The summed E-state index contributed by atoms with van der Waals surface area (Å²) < 4.78 is 1.72. The Bertz CT molecular complexity index is 683. The molecule has 0 aliphatic heterocycles. The SMILES string of the molecule is Cc1nn(C)c(Cl)c1CN(CCO)C1CCCc2ccccc21. The highest BCUT2D eigenvalue weighted by Crippen LogP contribution is 2.35. The van der Waals surface area contributed by atoms with E-state index < -0.39 is 0 Å². The topological polar surface area (TPSA) is 41.3 Å². The number of aliphatic hydroxyl groups is 1. The first kappa shape index (κ1) is 16.5. The third-order valence-corrected chi connectivity index (χ3v) is 5.27. The van der Waals surface area contributed by atoms with Gasteiger partial charge in [-0.1, -0.05) is 35.9 Å². The number of fused-ring (bicyclic) bond motifs is 1. The quantitative estimate of drug-likeness (QED) is 0.913. The summed E-state index contributed by atoms with van der Waals surface area (Å²) in [6.45, 7) is 3.50. The predicted molar refractivity (Wildman–Crippen MR) is 92.6 cm³/mol. The van der Waals surface area contributed by atoms with Gasteiger partial charge < -0.3 is 5.11 Å². The number of hydrogen-bond donors (Lipinski definition) is 1. The van der Waals surface area contributed by atoms with Crippen molar-refractivity contribution in [3.05, 3.63) is 51.8 Å². The standard InChI is InChI=1S/C18H24ClN3O/c1-13-16(18(19)21(2)20-13)12-22(10-11-23)17-9-5-7-14-6-3-4-8-15(14)17/h3-4,6,8,17,23H,5,7,9-12H2,1-2H3. The van der Waals surface area contributed by atoms with Crippen LogP contribution in [0, 0.1) is 6.92 Å². The van der Waals surface area contributed by atoms with Gasteiger partial charge in [0.15, 0.2) is 0 Å². The molecule has 1 aliphatic carbocycles. The second-order valence-electron chi connectivity index (χ2n) is 6.28. The molecule has 1 heterocycles. The molecule has 1 aromatic carbocycles. The zero-order valence-corrected chi connectivity index (χ0v) is 14.6. The lowest BCUT2D eigenvalue weighted by Crippen LogP contribution is -2.33. The van der Waals surface area contributed by atoms with Gasteiger partial charge in [0.2, 0.25) is 0 Å². The van der Waals surface area contributed by atoms with Crippen LogP contribution >= 0.6 is 11.6 Å². The Morgan fingerprint density at radius 3 is 2.87 bits per heavy atom. The van der Waals surface area contributed by atoms with Gasteiger partial charge in [-0.2, -0.15) is 5.10 Å². The molecule has 0 fully saturated rings. The molecule has 1 atom stereocenters. The Morgan fingerprint density at radius 1 is 1.39 bits per heavy atom. The second-order valence-corrected chi connectivity index (χ2v) is 6.64. The van der Waals surface area contributed by atoms with Crippen LogP contribution in [0.1, 0.15) is 41.3 Å². The van der Waals surface area contributed by atoms with E-state index in [-0.39, 0.29) is 6.61 Å². The molecule has 0 saturated carbocycles. The molecular formula is C18H24ClN3O. The number of aliphatic hydroxyl groups excluding tert-OH is 1. The maximum absolute atomic E-state index is 9.54. The average molecular weight is 334 g/mol. The van der Waals surface area contributed by atoms with Crippen molar-refractivity contribution in [3.8, 4) is 0 Å². The van der Waals surface area contributed by atoms with E-state index in [2.05, 4.69) is 34.3 Å². The third kappa shape index (κ3) is 3.30.